The largest absolute Gasteiger partial charge is 0.323 e. The maximum atomic E-state index is 13.1. The van der Waals surface area contributed by atoms with Crippen molar-refractivity contribution in [3.05, 3.63) is 71.7 Å². The number of amides is 2. The van der Waals surface area contributed by atoms with Crippen molar-refractivity contribution < 1.29 is 9.18 Å². The second-order valence-corrected chi connectivity index (χ2v) is 6.28. The van der Waals surface area contributed by atoms with Gasteiger partial charge in [-0.3, -0.25) is 0 Å². The zero-order valence-electron chi connectivity index (χ0n) is 13.6. The highest BCUT2D eigenvalue weighted by Gasteiger charge is 2.18. The Labute approximate surface area is 136 Å². The number of hydrogen-bond donors (Lipinski definition) is 2. The van der Waals surface area contributed by atoms with Crippen LogP contribution in [0, 0.1) is 5.82 Å². The summed E-state index contributed by atoms with van der Waals surface area (Å²) >= 11 is 0. The van der Waals surface area contributed by atoms with E-state index in [-0.39, 0.29) is 17.3 Å². The number of para-hydroxylation sites is 1. The molecule has 0 aromatic heterocycles. The fourth-order valence-electron chi connectivity index (χ4n) is 2.23. The molecule has 0 saturated heterocycles. The van der Waals surface area contributed by atoms with Gasteiger partial charge in [0.15, 0.2) is 0 Å². The highest BCUT2D eigenvalue weighted by molar-refractivity contribution is 5.91. The molecule has 0 radical (unpaired) electrons. The van der Waals surface area contributed by atoms with Gasteiger partial charge in [0.05, 0.1) is 0 Å². The first-order valence-electron chi connectivity index (χ1n) is 7.45. The van der Waals surface area contributed by atoms with E-state index >= 15 is 0 Å². The summed E-state index contributed by atoms with van der Waals surface area (Å²) in [5, 5.41) is 5.46. The van der Waals surface area contributed by atoms with Gasteiger partial charge in [-0.1, -0.05) is 51.1 Å². The predicted octanol–water partition coefficient (Wildman–Crippen LogP) is 4.92. The fourth-order valence-corrected chi connectivity index (χ4v) is 2.23. The molecule has 0 aliphatic rings. The van der Waals surface area contributed by atoms with Crippen molar-refractivity contribution in [2.24, 2.45) is 0 Å². The lowest BCUT2D eigenvalue weighted by Gasteiger charge is -2.22. The van der Waals surface area contributed by atoms with Gasteiger partial charge in [-0.25, -0.2) is 9.18 Å². The van der Waals surface area contributed by atoms with Crippen molar-refractivity contribution in [1.82, 2.24) is 5.32 Å². The quantitative estimate of drug-likeness (QED) is 0.830. The highest BCUT2D eigenvalue weighted by atomic mass is 19.1. The Morgan fingerprint density at radius 1 is 1.09 bits per heavy atom. The molecule has 2 aromatic rings. The molecule has 3 nitrogen and oxygen atoms in total. The first kappa shape index (κ1) is 16.7. The van der Waals surface area contributed by atoms with Gasteiger partial charge >= 0.3 is 6.03 Å². The average molecular weight is 312 g/mol. The van der Waals surface area contributed by atoms with Gasteiger partial charge < -0.3 is 10.6 Å². The number of nitrogens with one attached hydrogen (secondary N) is 2. The number of carbonyl (C=O) groups is 1. The van der Waals surface area contributed by atoms with E-state index in [0.29, 0.717) is 5.56 Å². The summed E-state index contributed by atoms with van der Waals surface area (Å²) in [6, 6.07) is 13.5. The van der Waals surface area contributed by atoms with Crippen LogP contribution in [0.2, 0.25) is 0 Å². The standard InChI is InChI=1S/C19H21FN2O/c1-19(2,3)16-9-4-5-10-17(16)22-18(23)21-12-11-14-7-6-8-15(20)13-14/h4-13H,1-3H3,(H2,21,22,23)/b12-11+. The van der Waals surface area contributed by atoms with Crippen molar-refractivity contribution >= 4 is 17.8 Å². The molecule has 2 aromatic carbocycles. The number of halogens is 1. The summed E-state index contributed by atoms with van der Waals surface area (Å²) in [5.41, 5.74) is 2.45. The number of anilines is 1. The molecule has 23 heavy (non-hydrogen) atoms. The van der Waals surface area contributed by atoms with Crippen molar-refractivity contribution in [3.8, 4) is 0 Å². The van der Waals surface area contributed by atoms with E-state index < -0.39 is 0 Å². The summed E-state index contributed by atoms with van der Waals surface area (Å²) in [5.74, 6) is -0.310. The van der Waals surface area contributed by atoms with E-state index in [1.807, 2.05) is 24.3 Å². The van der Waals surface area contributed by atoms with Crippen LogP contribution < -0.4 is 10.6 Å². The molecule has 0 unspecified atom stereocenters. The fraction of sp³-hybridized carbons (Fsp3) is 0.211. The number of hydrogen-bond acceptors (Lipinski definition) is 1. The number of urea groups is 1. The summed E-state index contributed by atoms with van der Waals surface area (Å²) in [7, 11) is 0. The smallest absolute Gasteiger partial charge is 0.314 e. The van der Waals surface area contributed by atoms with E-state index in [1.165, 1.54) is 18.3 Å². The molecule has 120 valence electrons. The van der Waals surface area contributed by atoms with Crippen molar-refractivity contribution in [3.63, 3.8) is 0 Å². The van der Waals surface area contributed by atoms with Crippen LogP contribution in [-0.4, -0.2) is 6.03 Å². The minimum atomic E-state index is -0.339. The van der Waals surface area contributed by atoms with E-state index in [4.69, 9.17) is 0 Å². The zero-order valence-corrected chi connectivity index (χ0v) is 13.6. The van der Waals surface area contributed by atoms with E-state index in [1.54, 1.807) is 18.2 Å². The minimum Gasteiger partial charge on any atom is -0.314 e. The topological polar surface area (TPSA) is 41.1 Å². The second kappa shape index (κ2) is 7.09. The SMILES string of the molecule is CC(C)(C)c1ccccc1NC(=O)N/C=C/c1cccc(F)c1. The zero-order chi connectivity index (χ0) is 16.9. The van der Waals surface area contributed by atoms with Gasteiger partial charge in [-0.15, -0.1) is 0 Å². The van der Waals surface area contributed by atoms with Gasteiger partial charge in [-0.05, 0) is 40.8 Å². The molecule has 0 saturated carbocycles. The normalized spacial score (nSPS) is 11.5. The van der Waals surface area contributed by atoms with Crippen LogP contribution in [0.1, 0.15) is 31.9 Å². The molecular weight excluding hydrogens is 291 g/mol. The molecule has 4 heteroatoms. The lowest BCUT2D eigenvalue weighted by molar-refractivity contribution is 0.255. The molecule has 0 aliphatic carbocycles. The Kier molecular flexibility index (Phi) is 5.16. The van der Waals surface area contributed by atoms with Crippen LogP contribution in [0.5, 0.6) is 0 Å². The Morgan fingerprint density at radius 3 is 2.52 bits per heavy atom. The Hall–Kier alpha value is -2.62. The van der Waals surface area contributed by atoms with Crippen LogP contribution in [0.15, 0.2) is 54.7 Å². The maximum Gasteiger partial charge on any atom is 0.323 e. The lowest BCUT2D eigenvalue weighted by atomic mass is 9.86. The van der Waals surface area contributed by atoms with Crippen LogP contribution >= 0.6 is 0 Å². The van der Waals surface area contributed by atoms with E-state index in [9.17, 15) is 9.18 Å². The molecule has 2 amide bonds. The third-order valence-electron chi connectivity index (χ3n) is 3.32. The van der Waals surface area contributed by atoms with Crippen LogP contribution in [0.4, 0.5) is 14.9 Å². The maximum absolute atomic E-state index is 13.1. The first-order chi connectivity index (χ1) is 10.9. The Morgan fingerprint density at radius 2 is 1.83 bits per heavy atom. The first-order valence-corrected chi connectivity index (χ1v) is 7.45. The third kappa shape index (κ3) is 4.95. The Balaban J connectivity index is 2.01. The van der Waals surface area contributed by atoms with Gasteiger partial charge in [0.25, 0.3) is 0 Å². The lowest BCUT2D eigenvalue weighted by Crippen LogP contribution is -2.26. The molecule has 0 heterocycles. The van der Waals surface area contributed by atoms with Gasteiger partial charge in [0.2, 0.25) is 0 Å². The van der Waals surface area contributed by atoms with Crippen LogP contribution in [0.25, 0.3) is 6.08 Å². The molecule has 0 aliphatic heterocycles. The van der Waals surface area contributed by atoms with Crippen molar-refractivity contribution in [2.45, 2.75) is 26.2 Å². The summed E-state index contributed by atoms with van der Waals surface area (Å²) < 4.78 is 13.1. The molecule has 2 rings (SSSR count). The summed E-state index contributed by atoms with van der Waals surface area (Å²) in [6.45, 7) is 6.28. The molecule has 0 spiro atoms. The van der Waals surface area contributed by atoms with E-state index in [0.717, 1.165) is 11.3 Å². The molecule has 2 N–H and O–H groups in total. The second-order valence-electron chi connectivity index (χ2n) is 6.28. The van der Waals surface area contributed by atoms with Crippen molar-refractivity contribution in [1.29, 1.82) is 0 Å². The molecular formula is C19H21FN2O. The van der Waals surface area contributed by atoms with Crippen LogP contribution in [0.3, 0.4) is 0 Å². The number of rotatable bonds is 3. The molecule has 0 atom stereocenters. The number of carbonyl (C=O) groups excluding carboxylic acids is 1. The average Bonchev–Trinajstić information content (AvgIpc) is 2.47. The third-order valence-corrected chi connectivity index (χ3v) is 3.32. The summed E-state index contributed by atoms with van der Waals surface area (Å²) in [6.07, 6.45) is 3.13. The minimum absolute atomic E-state index is 0.0682. The molecule has 0 bridgehead atoms. The van der Waals surface area contributed by atoms with Crippen molar-refractivity contribution in [2.75, 3.05) is 5.32 Å². The van der Waals surface area contributed by atoms with E-state index in [2.05, 4.69) is 31.4 Å². The highest BCUT2D eigenvalue weighted by Crippen LogP contribution is 2.29. The van der Waals surface area contributed by atoms with Gasteiger partial charge in [0.1, 0.15) is 5.82 Å². The van der Waals surface area contributed by atoms with Crippen LogP contribution in [-0.2, 0) is 5.41 Å². The van der Waals surface area contributed by atoms with Gasteiger partial charge in [-0.2, -0.15) is 0 Å². The summed E-state index contributed by atoms with van der Waals surface area (Å²) in [4.78, 5) is 12.0. The monoisotopic (exact) mass is 312 g/mol. The number of benzene rings is 2. The molecule has 0 fully saturated rings. The van der Waals surface area contributed by atoms with Gasteiger partial charge in [0, 0.05) is 11.9 Å². The predicted molar refractivity (Wildman–Crippen MR) is 92.7 cm³/mol. The Bertz CT molecular complexity index is 717.